The third-order valence-corrected chi connectivity index (χ3v) is 6.76. The van der Waals surface area contributed by atoms with Gasteiger partial charge in [0.05, 0.1) is 13.5 Å². The molecule has 0 amide bonds. The summed E-state index contributed by atoms with van der Waals surface area (Å²) in [5.41, 5.74) is 5.92. The van der Waals surface area contributed by atoms with Gasteiger partial charge in [0.2, 0.25) is 0 Å². The Morgan fingerprint density at radius 3 is 2.55 bits per heavy atom. The molecule has 2 atom stereocenters. The molecule has 1 aliphatic rings. The number of hydrogen-bond acceptors (Lipinski definition) is 3. The number of methoxy groups -OCH3 is 1. The molecule has 1 N–H and O–H groups in total. The summed E-state index contributed by atoms with van der Waals surface area (Å²) in [7, 11) is 1.58. The van der Waals surface area contributed by atoms with E-state index in [0.717, 1.165) is 36.2 Å². The average molecular weight is 448 g/mol. The molecule has 3 aromatic rings. The fourth-order valence-electron chi connectivity index (χ4n) is 4.76. The van der Waals surface area contributed by atoms with E-state index in [4.69, 9.17) is 4.74 Å². The second-order valence-corrected chi connectivity index (χ2v) is 8.95. The summed E-state index contributed by atoms with van der Waals surface area (Å²) in [6, 6.07) is 19.3. The van der Waals surface area contributed by atoms with E-state index in [1.807, 2.05) is 19.1 Å². The Bertz CT molecular complexity index is 1140. The van der Waals surface area contributed by atoms with Gasteiger partial charge in [-0.15, -0.1) is 0 Å². The Balaban J connectivity index is 1.50. The summed E-state index contributed by atoms with van der Waals surface area (Å²) in [6.45, 7) is 5.07. The van der Waals surface area contributed by atoms with Crippen LogP contribution in [0.3, 0.4) is 0 Å². The fourth-order valence-corrected chi connectivity index (χ4v) is 4.76. The van der Waals surface area contributed by atoms with Crippen molar-refractivity contribution in [2.75, 3.05) is 18.6 Å². The Morgan fingerprint density at radius 1 is 1.12 bits per heavy atom. The van der Waals surface area contributed by atoms with Crippen molar-refractivity contribution in [3.63, 3.8) is 0 Å². The molecular formula is C28H30FNO3. The molecule has 0 spiro atoms. The first-order valence-electron chi connectivity index (χ1n) is 11.4. The number of halogens is 1. The minimum atomic E-state index is -0.747. The summed E-state index contributed by atoms with van der Waals surface area (Å²) in [5.74, 6) is -0.0124. The third-order valence-electron chi connectivity index (χ3n) is 6.76. The minimum absolute atomic E-state index is 0.0418. The van der Waals surface area contributed by atoms with E-state index in [9.17, 15) is 14.3 Å². The Morgan fingerprint density at radius 2 is 1.88 bits per heavy atom. The lowest BCUT2D eigenvalue weighted by molar-refractivity contribution is -0.137. The van der Waals surface area contributed by atoms with Crippen LogP contribution in [0.25, 0.3) is 11.1 Å². The van der Waals surface area contributed by atoms with Gasteiger partial charge < -0.3 is 14.7 Å². The van der Waals surface area contributed by atoms with Crippen molar-refractivity contribution < 1.29 is 19.0 Å². The van der Waals surface area contributed by atoms with Gasteiger partial charge >= 0.3 is 5.97 Å². The highest BCUT2D eigenvalue weighted by molar-refractivity contribution is 5.69. The number of anilines is 1. The predicted molar refractivity (Wildman–Crippen MR) is 130 cm³/mol. The first-order valence-corrected chi connectivity index (χ1v) is 11.4. The molecule has 0 bridgehead atoms. The number of carboxylic acid groups (broad SMARTS) is 1. The Kier molecular flexibility index (Phi) is 6.68. The van der Waals surface area contributed by atoms with Crippen molar-refractivity contribution in [1.82, 2.24) is 0 Å². The molecule has 172 valence electrons. The van der Waals surface area contributed by atoms with Crippen molar-refractivity contribution >= 4 is 11.7 Å². The molecule has 1 aliphatic heterocycles. The molecule has 0 saturated carbocycles. The lowest BCUT2D eigenvalue weighted by Gasteiger charge is -2.28. The zero-order valence-electron chi connectivity index (χ0n) is 19.3. The van der Waals surface area contributed by atoms with Crippen LogP contribution in [0.5, 0.6) is 5.75 Å². The number of carboxylic acids is 1. The van der Waals surface area contributed by atoms with Gasteiger partial charge in [0, 0.05) is 23.8 Å². The molecule has 5 heteroatoms. The molecular weight excluding hydrogens is 417 g/mol. The van der Waals surface area contributed by atoms with Crippen LogP contribution in [0.15, 0.2) is 60.7 Å². The van der Waals surface area contributed by atoms with Gasteiger partial charge in [-0.3, -0.25) is 4.79 Å². The number of benzene rings is 3. The van der Waals surface area contributed by atoms with Crippen LogP contribution in [0.2, 0.25) is 0 Å². The minimum Gasteiger partial charge on any atom is -0.497 e. The SMILES string of the molecule is COc1ccc(F)c(-c2ccc(Cc3ccc(N4CC[C@@H](C)[C@@H]4CC(=O)O)cc3)c(C)c2)c1. The number of carbonyl (C=O) groups is 1. The van der Waals surface area contributed by atoms with Crippen molar-refractivity contribution in [3.8, 4) is 16.9 Å². The van der Waals surface area contributed by atoms with Crippen LogP contribution in [-0.4, -0.2) is 30.8 Å². The number of rotatable bonds is 7. The van der Waals surface area contributed by atoms with Crippen molar-refractivity contribution in [3.05, 3.63) is 83.2 Å². The van der Waals surface area contributed by atoms with Gasteiger partial charge in [-0.1, -0.05) is 37.3 Å². The molecule has 1 heterocycles. The first kappa shape index (κ1) is 22.8. The van der Waals surface area contributed by atoms with Crippen molar-refractivity contribution in [1.29, 1.82) is 0 Å². The van der Waals surface area contributed by atoms with Crippen molar-refractivity contribution in [2.45, 2.75) is 39.2 Å². The van der Waals surface area contributed by atoms with E-state index in [-0.39, 0.29) is 18.3 Å². The molecule has 1 fully saturated rings. The average Bonchev–Trinajstić information content (AvgIpc) is 3.15. The van der Waals surface area contributed by atoms with Crippen LogP contribution in [0.4, 0.5) is 10.1 Å². The second kappa shape index (κ2) is 9.65. The van der Waals surface area contributed by atoms with E-state index in [1.165, 1.54) is 17.2 Å². The number of aliphatic carboxylic acids is 1. The maximum absolute atomic E-state index is 14.4. The highest BCUT2D eigenvalue weighted by Crippen LogP contribution is 2.33. The summed E-state index contributed by atoms with van der Waals surface area (Å²) >= 11 is 0. The maximum atomic E-state index is 14.4. The molecule has 4 rings (SSSR count). The fraction of sp³-hybridized carbons (Fsp3) is 0.321. The Hall–Kier alpha value is -3.34. The smallest absolute Gasteiger partial charge is 0.305 e. The van der Waals surface area contributed by atoms with E-state index in [0.29, 0.717) is 17.2 Å². The topological polar surface area (TPSA) is 49.8 Å². The lowest BCUT2D eigenvalue weighted by Crippen LogP contribution is -2.34. The van der Waals surface area contributed by atoms with Crippen LogP contribution in [0, 0.1) is 18.7 Å². The zero-order chi connectivity index (χ0) is 23.5. The molecule has 3 aromatic carbocycles. The summed E-state index contributed by atoms with van der Waals surface area (Å²) in [4.78, 5) is 13.5. The van der Waals surface area contributed by atoms with Crippen LogP contribution in [-0.2, 0) is 11.2 Å². The summed E-state index contributed by atoms with van der Waals surface area (Å²) < 4.78 is 19.6. The second-order valence-electron chi connectivity index (χ2n) is 8.95. The van der Waals surface area contributed by atoms with Crippen LogP contribution < -0.4 is 9.64 Å². The molecule has 0 radical (unpaired) electrons. The van der Waals surface area contributed by atoms with Gasteiger partial charge in [-0.25, -0.2) is 4.39 Å². The molecule has 0 aliphatic carbocycles. The first-order chi connectivity index (χ1) is 15.9. The summed E-state index contributed by atoms with van der Waals surface area (Å²) in [5, 5.41) is 9.27. The van der Waals surface area contributed by atoms with Gasteiger partial charge in [0.1, 0.15) is 11.6 Å². The molecule has 0 aromatic heterocycles. The van der Waals surface area contributed by atoms with Crippen LogP contribution >= 0.6 is 0 Å². The number of aryl methyl sites for hydroxylation is 1. The quantitative estimate of drug-likeness (QED) is 0.476. The van der Waals surface area contributed by atoms with Gasteiger partial charge in [-0.2, -0.15) is 0 Å². The highest BCUT2D eigenvalue weighted by Gasteiger charge is 2.32. The number of hydrogen-bond donors (Lipinski definition) is 1. The molecule has 33 heavy (non-hydrogen) atoms. The normalized spacial score (nSPS) is 17.9. The molecule has 0 unspecified atom stereocenters. The van der Waals surface area contributed by atoms with E-state index in [1.54, 1.807) is 19.2 Å². The van der Waals surface area contributed by atoms with Crippen molar-refractivity contribution in [2.24, 2.45) is 5.92 Å². The third kappa shape index (κ3) is 5.03. The predicted octanol–water partition coefficient (Wildman–Crippen LogP) is 6.09. The largest absolute Gasteiger partial charge is 0.497 e. The Labute approximate surface area is 194 Å². The number of nitrogens with zero attached hydrogens (tertiary/aromatic N) is 1. The van der Waals surface area contributed by atoms with Gasteiger partial charge in [0.25, 0.3) is 0 Å². The standard InChI is InChI=1S/C28H30FNO3/c1-18-12-13-30(27(18)17-28(31)32)23-8-4-20(5-9-23)15-21-6-7-22(14-19(21)2)25-16-24(33-3)10-11-26(25)29/h4-11,14,16,18,27H,12-13,15,17H2,1-3H3,(H,31,32)/t18-,27+/m1/s1. The molecule has 1 saturated heterocycles. The highest BCUT2D eigenvalue weighted by atomic mass is 19.1. The molecule has 4 nitrogen and oxygen atoms in total. The van der Waals surface area contributed by atoms with E-state index in [2.05, 4.69) is 42.2 Å². The van der Waals surface area contributed by atoms with Gasteiger partial charge in [0.15, 0.2) is 0 Å². The van der Waals surface area contributed by atoms with E-state index >= 15 is 0 Å². The number of ether oxygens (including phenoxy) is 1. The lowest BCUT2D eigenvalue weighted by atomic mass is 9.95. The summed E-state index contributed by atoms with van der Waals surface area (Å²) in [6.07, 6.45) is 1.96. The van der Waals surface area contributed by atoms with Crippen LogP contribution in [0.1, 0.15) is 36.5 Å². The van der Waals surface area contributed by atoms with Gasteiger partial charge in [-0.05, 0) is 78.3 Å². The van der Waals surface area contributed by atoms with E-state index < -0.39 is 5.97 Å². The monoisotopic (exact) mass is 447 g/mol. The maximum Gasteiger partial charge on any atom is 0.305 e. The zero-order valence-corrected chi connectivity index (χ0v) is 19.3.